The Morgan fingerprint density at radius 2 is 1.96 bits per heavy atom. The van der Waals surface area contributed by atoms with Crippen LogP contribution in [0.5, 0.6) is 11.6 Å². The van der Waals surface area contributed by atoms with Crippen molar-refractivity contribution in [3.8, 4) is 11.6 Å². The van der Waals surface area contributed by atoms with E-state index in [4.69, 9.17) is 37.2 Å². The van der Waals surface area contributed by atoms with Gasteiger partial charge in [0.1, 0.15) is 5.75 Å². The third-order valence-corrected chi connectivity index (χ3v) is 6.05. The summed E-state index contributed by atoms with van der Waals surface area (Å²) in [6, 6.07) is 6.33. The molecular formula is C19H18Cl2N2O5. The Hall–Kier alpha value is -2.25. The minimum absolute atomic E-state index is 0.0606. The number of Topliss-reactive ketones (excluding diaryl/α,β-unsaturated/α-hetero) is 1. The number of methoxy groups -OCH3 is 1. The summed E-state index contributed by atoms with van der Waals surface area (Å²) in [4.78, 5) is 24.5. The summed E-state index contributed by atoms with van der Waals surface area (Å²) < 4.78 is 15.4. The molecule has 1 N–H and O–H groups in total. The van der Waals surface area contributed by atoms with Gasteiger partial charge in [-0.2, -0.15) is 0 Å². The number of carbonyl (C=O) groups excluding carboxylic acids is 2. The van der Waals surface area contributed by atoms with E-state index in [9.17, 15) is 9.59 Å². The van der Waals surface area contributed by atoms with Gasteiger partial charge in [0.05, 0.1) is 23.2 Å². The molecule has 1 amide bonds. The number of hydrogen-bond donors (Lipinski definition) is 1. The fourth-order valence-corrected chi connectivity index (χ4v) is 4.57. The average Bonchev–Trinajstić information content (AvgIpc) is 3.09. The van der Waals surface area contributed by atoms with E-state index in [-0.39, 0.29) is 40.9 Å². The van der Waals surface area contributed by atoms with Gasteiger partial charge in [0.25, 0.3) is 11.8 Å². The zero-order valence-electron chi connectivity index (χ0n) is 15.1. The second-order valence-corrected chi connectivity index (χ2v) is 8.37. The van der Waals surface area contributed by atoms with Crippen molar-refractivity contribution in [3.63, 3.8) is 0 Å². The third-order valence-electron chi connectivity index (χ3n) is 5.31. The molecule has 0 aliphatic heterocycles. The summed E-state index contributed by atoms with van der Waals surface area (Å²) in [6.07, 6.45) is 2.70. The SMILES string of the molecule is COc1cc(C(=O)CC23CC(NC(=O)COc4ccc(Cl)c(Cl)c4)(C2)C3)on1. The maximum Gasteiger partial charge on any atom is 0.258 e. The molecule has 0 saturated heterocycles. The molecule has 0 spiro atoms. The molecule has 7 nitrogen and oxygen atoms in total. The lowest BCUT2D eigenvalue weighted by Gasteiger charge is -2.70. The van der Waals surface area contributed by atoms with Crippen LogP contribution in [0.4, 0.5) is 0 Å². The lowest BCUT2D eigenvalue weighted by Crippen LogP contribution is -2.75. The quantitative estimate of drug-likeness (QED) is 0.649. The van der Waals surface area contributed by atoms with E-state index in [1.165, 1.54) is 13.2 Å². The second-order valence-electron chi connectivity index (χ2n) is 7.56. The second kappa shape index (κ2) is 6.97. The molecule has 3 fully saturated rings. The Balaban J connectivity index is 1.23. The smallest absolute Gasteiger partial charge is 0.258 e. The number of nitrogens with one attached hydrogen (secondary N) is 1. The van der Waals surface area contributed by atoms with E-state index in [2.05, 4.69) is 10.5 Å². The highest BCUT2D eigenvalue weighted by Gasteiger charge is 2.68. The standard InChI is InChI=1S/C19H18Cl2N2O5/c1-26-17-5-15(28-23-17)14(24)6-18-8-19(9-18,10-18)22-16(25)7-27-11-2-3-12(20)13(21)4-11/h2-5H,6-10H2,1H3,(H,22,25). The first-order chi connectivity index (χ1) is 13.3. The lowest BCUT2D eigenvalue weighted by atomic mass is 9.38. The molecule has 28 heavy (non-hydrogen) atoms. The van der Waals surface area contributed by atoms with Crippen molar-refractivity contribution in [2.45, 2.75) is 31.2 Å². The largest absolute Gasteiger partial charge is 0.484 e. The average molecular weight is 425 g/mol. The molecule has 1 aromatic heterocycles. The first kappa shape index (κ1) is 19.1. The van der Waals surface area contributed by atoms with Crippen LogP contribution in [0.3, 0.4) is 0 Å². The molecule has 1 aromatic carbocycles. The Kier molecular flexibility index (Phi) is 4.75. The van der Waals surface area contributed by atoms with Gasteiger partial charge >= 0.3 is 0 Å². The molecule has 9 heteroatoms. The van der Waals surface area contributed by atoms with Gasteiger partial charge < -0.3 is 19.3 Å². The summed E-state index contributed by atoms with van der Waals surface area (Å²) in [6.45, 7) is -0.108. The highest BCUT2D eigenvalue weighted by molar-refractivity contribution is 6.42. The fourth-order valence-electron chi connectivity index (χ4n) is 4.28. The highest BCUT2D eigenvalue weighted by Crippen LogP contribution is 2.69. The van der Waals surface area contributed by atoms with Crippen LogP contribution in [-0.4, -0.2) is 36.1 Å². The van der Waals surface area contributed by atoms with Crippen LogP contribution in [0.2, 0.25) is 10.0 Å². The maximum atomic E-state index is 12.3. The Bertz CT molecular complexity index is 922. The van der Waals surface area contributed by atoms with Gasteiger partial charge in [-0.15, -0.1) is 0 Å². The predicted octanol–water partition coefficient (Wildman–Crippen LogP) is 3.68. The van der Waals surface area contributed by atoms with Gasteiger partial charge in [-0.1, -0.05) is 23.2 Å². The van der Waals surface area contributed by atoms with Crippen molar-refractivity contribution < 1.29 is 23.6 Å². The molecule has 1 heterocycles. The summed E-state index contributed by atoms with van der Waals surface area (Å²) in [7, 11) is 1.46. The van der Waals surface area contributed by atoms with E-state index in [1.54, 1.807) is 18.2 Å². The van der Waals surface area contributed by atoms with E-state index in [0.717, 1.165) is 19.3 Å². The molecule has 0 unspecified atom stereocenters. The molecule has 0 radical (unpaired) electrons. The van der Waals surface area contributed by atoms with Crippen molar-refractivity contribution in [2.24, 2.45) is 5.41 Å². The van der Waals surface area contributed by atoms with Gasteiger partial charge in [0.2, 0.25) is 11.5 Å². The van der Waals surface area contributed by atoms with Crippen LogP contribution in [0.25, 0.3) is 0 Å². The van der Waals surface area contributed by atoms with Crippen LogP contribution >= 0.6 is 23.2 Å². The number of nitrogens with zero attached hydrogens (tertiary/aromatic N) is 1. The fraction of sp³-hybridized carbons (Fsp3) is 0.421. The molecule has 3 aliphatic carbocycles. The number of rotatable bonds is 8. The monoisotopic (exact) mass is 424 g/mol. The van der Waals surface area contributed by atoms with Crippen LogP contribution in [0, 0.1) is 5.41 Å². The van der Waals surface area contributed by atoms with Crippen LogP contribution < -0.4 is 14.8 Å². The van der Waals surface area contributed by atoms with Crippen LogP contribution in [0.15, 0.2) is 28.8 Å². The van der Waals surface area contributed by atoms with Gasteiger partial charge in [-0.25, -0.2) is 0 Å². The first-order valence-electron chi connectivity index (χ1n) is 8.75. The van der Waals surface area contributed by atoms with Crippen molar-refractivity contribution in [1.29, 1.82) is 0 Å². The molecular weight excluding hydrogens is 407 g/mol. The summed E-state index contributed by atoms with van der Waals surface area (Å²) >= 11 is 11.8. The minimum Gasteiger partial charge on any atom is -0.484 e. The summed E-state index contributed by atoms with van der Waals surface area (Å²) in [5.74, 6) is 0.664. The van der Waals surface area contributed by atoms with Gasteiger partial charge in [0.15, 0.2) is 6.61 Å². The summed E-state index contributed by atoms with van der Waals surface area (Å²) in [5, 5.41) is 7.46. The zero-order chi connectivity index (χ0) is 19.9. The summed E-state index contributed by atoms with van der Waals surface area (Å²) in [5.41, 5.74) is -0.285. The highest BCUT2D eigenvalue weighted by atomic mass is 35.5. The number of ketones is 1. The topological polar surface area (TPSA) is 90.7 Å². The van der Waals surface area contributed by atoms with Crippen molar-refractivity contribution in [2.75, 3.05) is 13.7 Å². The number of carbonyl (C=O) groups is 2. The van der Waals surface area contributed by atoms with Crippen molar-refractivity contribution in [1.82, 2.24) is 10.5 Å². The molecule has 0 atom stereocenters. The van der Waals surface area contributed by atoms with Gasteiger partial charge in [-0.3, -0.25) is 9.59 Å². The number of hydrogen-bond acceptors (Lipinski definition) is 6. The van der Waals surface area contributed by atoms with E-state index in [0.29, 0.717) is 22.2 Å². The zero-order valence-corrected chi connectivity index (χ0v) is 16.6. The molecule has 5 rings (SSSR count). The normalized spacial score (nSPS) is 24.7. The van der Waals surface area contributed by atoms with Crippen LogP contribution in [-0.2, 0) is 4.79 Å². The molecule has 2 aromatic rings. The molecule has 3 saturated carbocycles. The van der Waals surface area contributed by atoms with E-state index in [1.807, 2.05) is 0 Å². The number of amides is 1. The first-order valence-corrected chi connectivity index (χ1v) is 9.50. The Morgan fingerprint density at radius 1 is 1.21 bits per heavy atom. The Labute approximate surface area is 171 Å². The van der Waals surface area contributed by atoms with Crippen molar-refractivity contribution >= 4 is 34.9 Å². The Morgan fingerprint density at radius 3 is 2.61 bits per heavy atom. The minimum atomic E-state index is -0.225. The third kappa shape index (κ3) is 3.56. The predicted molar refractivity (Wildman–Crippen MR) is 101 cm³/mol. The van der Waals surface area contributed by atoms with Crippen LogP contribution in [0.1, 0.15) is 36.2 Å². The number of ether oxygens (including phenoxy) is 2. The number of benzene rings is 1. The van der Waals surface area contributed by atoms with Crippen molar-refractivity contribution in [3.05, 3.63) is 40.1 Å². The van der Waals surface area contributed by atoms with Gasteiger partial charge in [-0.05, 0) is 42.0 Å². The number of aromatic nitrogens is 1. The molecule has 148 valence electrons. The lowest BCUT2D eigenvalue weighted by molar-refractivity contribution is -0.164. The van der Waals surface area contributed by atoms with Gasteiger partial charge in [0, 0.05) is 18.0 Å². The maximum absolute atomic E-state index is 12.3. The van der Waals surface area contributed by atoms with E-state index >= 15 is 0 Å². The molecule has 2 bridgehead atoms. The van der Waals surface area contributed by atoms with E-state index < -0.39 is 0 Å². The number of halogens is 2. The molecule has 3 aliphatic rings.